The third kappa shape index (κ3) is 3.82. The van der Waals surface area contributed by atoms with Crippen molar-refractivity contribution in [3.05, 3.63) is 170 Å². The number of aromatic nitrogens is 1. The molecule has 0 radical (unpaired) electrons. The van der Waals surface area contributed by atoms with E-state index in [-0.39, 0.29) is 0 Å². The number of hydrogen-bond acceptors (Lipinski definition) is 2. The molecule has 0 fully saturated rings. The van der Waals surface area contributed by atoms with Crippen molar-refractivity contribution in [1.29, 1.82) is 0 Å². The minimum atomic E-state index is 1.14. The first-order valence-electron chi connectivity index (χ1n) is 16.8. The summed E-state index contributed by atoms with van der Waals surface area (Å²) in [5.41, 5.74) is 9.69. The quantitative estimate of drug-likeness (QED) is 0.137. The fraction of sp³-hybridized carbons (Fsp3) is 0. The monoisotopic (exact) mass is 640 g/mol. The predicted octanol–water partition coefficient (Wildman–Crippen LogP) is 13.5. The zero-order valence-corrected chi connectivity index (χ0v) is 27.3. The van der Waals surface area contributed by atoms with E-state index in [4.69, 9.17) is 0 Å². The van der Waals surface area contributed by atoms with Crippen LogP contribution in [0.5, 0.6) is 0 Å². The topological polar surface area (TPSA) is 7.65 Å². The average Bonchev–Trinajstić information content (AvgIpc) is 3.71. The van der Waals surface area contributed by atoms with Crippen molar-refractivity contribution in [2.24, 2.45) is 0 Å². The van der Waals surface area contributed by atoms with Gasteiger partial charge in [-0.1, -0.05) is 109 Å². The minimum absolute atomic E-state index is 1.14. The van der Waals surface area contributed by atoms with Gasteiger partial charge in [0.05, 0.1) is 26.9 Å². The van der Waals surface area contributed by atoms with E-state index in [1.165, 1.54) is 85.9 Å². The van der Waals surface area contributed by atoms with Crippen LogP contribution in [0.15, 0.2) is 170 Å². The Kier molecular flexibility index (Phi) is 5.57. The molecule has 11 aromatic rings. The fourth-order valence-corrected chi connectivity index (χ4v) is 9.36. The molecule has 0 atom stereocenters. The number of rotatable bonds is 4. The molecule has 2 nitrogen and oxygen atoms in total. The van der Waals surface area contributed by atoms with Gasteiger partial charge in [0, 0.05) is 48.4 Å². The number of fused-ring (bicyclic) bond motifs is 8. The highest BCUT2D eigenvalue weighted by Crippen LogP contribution is 2.48. The summed E-state index contributed by atoms with van der Waals surface area (Å²) >= 11 is 1.88. The number of thiophene rings is 1. The van der Waals surface area contributed by atoms with E-state index in [1.807, 2.05) is 11.3 Å². The molecule has 3 heteroatoms. The number of benzene rings is 8. The van der Waals surface area contributed by atoms with Crippen molar-refractivity contribution in [2.75, 3.05) is 4.90 Å². The lowest BCUT2D eigenvalue weighted by Crippen LogP contribution is -2.10. The van der Waals surface area contributed by atoms with Crippen LogP contribution in [0, 0.1) is 0 Å². The highest BCUT2D eigenvalue weighted by Gasteiger charge is 2.21. The van der Waals surface area contributed by atoms with E-state index in [9.17, 15) is 0 Å². The van der Waals surface area contributed by atoms with E-state index in [0.717, 1.165) is 11.4 Å². The van der Waals surface area contributed by atoms with Crippen LogP contribution in [0.25, 0.3) is 80.2 Å². The summed E-state index contributed by atoms with van der Waals surface area (Å²) in [6, 6.07) is 62.4. The van der Waals surface area contributed by atoms with Crippen molar-refractivity contribution in [1.82, 2.24) is 4.40 Å². The van der Waals surface area contributed by atoms with E-state index in [2.05, 4.69) is 179 Å². The molecule has 0 N–H and O–H groups in total. The van der Waals surface area contributed by atoms with Gasteiger partial charge >= 0.3 is 0 Å². The van der Waals surface area contributed by atoms with Crippen molar-refractivity contribution >= 4 is 97.4 Å². The fourth-order valence-electron chi connectivity index (χ4n) is 8.17. The highest BCUT2D eigenvalue weighted by atomic mass is 32.1. The Morgan fingerprint density at radius 3 is 1.86 bits per heavy atom. The summed E-state index contributed by atoms with van der Waals surface area (Å²) in [7, 11) is 0. The lowest BCUT2D eigenvalue weighted by molar-refractivity contribution is 1.30. The zero-order valence-electron chi connectivity index (χ0n) is 26.5. The second-order valence-corrected chi connectivity index (χ2v) is 14.0. The molecule has 0 spiro atoms. The lowest BCUT2D eigenvalue weighted by Gasteiger charge is -2.26. The molecule has 3 aromatic heterocycles. The van der Waals surface area contributed by atoms with E-state index in [1.54, 1.807) is 0 Å². The van der Waals surface area contributed by atoms with Crippen LogP contribution < -0.4 is 4.90 Å². The van der Waals surface area contributed by atoms with Crippen LogP contribution >= 0.6 is 11.3 Å². The Hall–Kier alpha value is -6.16. The molecule has 0 saturated heterocycles. The molecule has 3 heterocycles. The molecule has 0 aliphatic heterocycles. The van der Waals surface area contributed by atoms with Crippen LogP contribution in [0.2, 0.25) is 0 Å². The summed E-state index contributed by atoms with van der Waals surface area (Å²) in [5.74, 6) is 0. The standard InChI is InChI=1S/C46H28N2S/c1-3-14-32(15-4-1)47(33-16-5-2-6-17-33)42-28-31(27-39-34-18-7-8-23-43(34)49-46(39)42)30-24-25-40-38(26-30)37-21-11-20-36-35-19-9-12-29-13-10-22-41(44(29)35)48(40)45(36)37/h1-28H. The second kappa shape index (κ2) is 10.2. The number of nitrogens with zero attached hydrogens (tertiary/aromatic N) is 2. The highest BCUT2D eigenvalue weighted by molar-refractivity contribution is 7.26. The van der Waals surface area contributed by atoms with Crippen molar-refractivity contribution in [3.8, 4) is 11.1 Å². The molecule has 0 aliphatic carbocycles. The molecule has 8 aromatic carbocycles. The largest absolute Gasteiger partial charge is 0.309 e. The van der Waals surface area contributed by atoms with Gasteiger partial charge in [0.15, 0.2) is 0 Å². The maximum absolute atomic E-state index is 2.49. The maximum Gasteiger partial charge on any atom is 0.0646 e. The molecule has 228 valence electrons. The van der Waals surface area contributed by atoms with E-state index in [0.29, 0.717) is 0 Å². The predicted molar refractivity (Wildman–Crippen MR) is 212 cm³/mol. The second-order valence-electron chi connectivity index (χ2n) is 12.9. The summed E-state index contributed by atoms with van der Waals surface area (Å²) in [4.78, 5) is 2.41. The number of pyridine rings is 1. The maximum atomic E-state index is 2.49. The first-order chi connectivity index (χ1) is 24.3. The first kappa shape index (κ1) is 26.9. The third-order valence-corrected chi connectivity index (χ3v) is 11.5. The molecule has 0 unspecified atom stereocenters. The zero-order chi connectivity index (χ0) is 32.1. The molecule has 11 rings (SSSR count). The summed E-state index contributed by atoms with van der Waals surface area (Å²) < 4.78 is 5.08. The van der Waals surface area contributed by atoms with Crippen LogP contribution in [-0.4, -0.2) is 4.40 Å². The van der Waals surface area contributed by atoms with Gasteiger partial charge in [-0.15, -0.1) is 11.3 Å². The number of para-hydroxylation sites is 3. The Morgan fingerprint density at radius 1 is 0.429 bits per heavy atom. The van der Waals surface area contributed by atoms with Crippen LogP contribution in [-0.2, 0) is 0 Å². The normalized spacial score (nSPS) is 12.1. The van der Waals surface area contributed by atoms with Crippen LogP contribution in [0.3, 0.4) is 0 Å². The number of anilines is 3. The van der Waals surface area contributed by atoms with Crippen LogP contribution in [0.1, 0.15) is 0 Å². The summed E-state index contributed by atoms with van der Waals surface area (Å²) in [6.07, 6.45) is 0. The van der Waals surface area contributed by atoms with Crippen molar-refractivity contribution < 1.29 is 0 Å². The third-order valence-electron chi connectivity index (χ3n) is 10.3. The molecule has 49 heavy (non-hydrogen) atoms. The Balaban J connectivity index is 1.23. The molecule has 0 bridgehead atoms. The minimum Gasteiger partial charge on any atom is -0.309 e. The molecular formula is C46H28N2S. The van der Waals surface area contributed by atoms with Gasteiger partial charge in [-0.05, 0) is 82.6 Å². The Morgan fingerprint density at radius 2 is 1.06 bits per heavy atom. The number of hydrogen-bond donors (Lipinski definition) is 0. The van der Waals surface area contributed by atoms with E-state index < -0.39 is 0 Å². The summed E-state index contributed by atoms with van der Waals surface area (Å²) in [5, 5.41) is 10.4. The van der Waals surface area contributed by atoms with Gasteiger partial charge in [0.25, 0.3) is 0 Å². The van der Waals surface area contributed by atoms with Gasteiger partial charge in [0.2, 0.25) is 0 Å². The van der Waals surface area contributed by atoms with E-state index >= 15 is 0 Å². The van der Waals surface area contributed by atoms with Crippen LogP contribution in [0.4, 0.5) is 17.1 Å². The van der Waals surface area contributed by atoms with Crippen molar-refractivity contribution in [2.45, 2.75) is 0 Å². The SMILES string of the molecule is c1ccc(N(c2ccccc2)c2cc(-c3ccc4c(c3)c3cccc5c6cccc7cccc(c76)n4c53)cc3c2sc2ccccc23)cc1. The summed E-state index contributed by atoms with van der Waals surface area (Å²) in [6.45, 7) is 0. The molecule has 0 amide bonds. The first-order valence-corrected chi connectivity index (χ1v) is 17.6. The van der Waals surface area contributed by atoms with Crippen molar-refractivity contribution in [3.63, 3.8) is 0 Å². The molecule has 0 aliphatic rings. The molecule has 0 saturated carbocycles. The Bertz CT molecular complexity index is 3000. The Labute approximate surface area is 286 Å². The van der Waals surface area contributed by atoms with Gasteiger partial charge in [0.1, 0.15) is 0 Å². The van der Waals surface area contributed by atoms with Gasteiger partial charge in [-0.2, -0.15) is 0 Å². The smallest absolute Gasteiger partial charge is 0.0646 e. The van der Waals surface area contributed by atoms with Gasteiger partial charge in [-0.25, -0.2) is 0 Å². The van der Waals surface area contributed by atoms with Gasteiger partial charge < -0.3 is 9.30 Å². The van der Waals surface area contributed by atoms with Gasteiger partial charge in [-0.3, -0.25) is 0 Å². The molecular weight excluding hydrogens is 613 g/mol. The average molecular weight is 641 g/mol. The lowest BCUT2D eigenvalue weighted by atomic mass is 9.98.